The van der Waals surface area contributed by atoms with Crippen molar-refractivity contribution in [2.75, 3.05) is 33.9 Å². The topological polar surface area (TPSA) is 54.9 Å². The highest BCUT2D eigenvalue weighted by atomic mass is 127. The summed E-state index contributed by atoms with van der Waals surface area (Å²) < 4.78 is 12.0. The van der Waals surface area contributed by atoms with E-state index in [1.54, 1.807) is 14.2 Å². The summed E-state index contributed by atoms with van der Waals surface area (Å²) >= 11 is 3.49. The van der Waals surface area contributed by atoms with Crippen molar-refractivity contribution in [2.45, 2.75) is 25.8 Å². The maximum atomic E-state index is 5.62. The van der Waals surface area contributed by atoms with Gasteiger partial charge in [0.05, 0.1) is 7.11 Å². The van der Waals surface area contributed by atoms with Gasteiger partial charge in [0.1, 0.15) is 5.75 Å². The van der Waals surface area contributed by atoms with Crippen LogP contribution >= 0.6 is 39.9 Å². The van der Waals surface area contributed by atoms with Crippen LogP contribution in [0.2, 0.25) is 0 Å². The monoisotopic (exact) mass is 511 g/mol. The number of rotatable bonds is 9. The summed E-state index contributed by atoms with van der Waals surface area (Å²) in [5.41, 5.74) is 1.08. The van der Waals surface area contributed by atoms with Crippen LogP contribution in [0, 0.1) is 5.92 Å². The molecule has 0 radical (unpaired) electrons. The fourth-order valence-electron chi connectivity index (χ4n) is 2.20. The first-order chi connectivity index (χ1) is 11.2. The zero-order valence-electron chi connectivity index (χ0n) is 14.3. The van der Waals surface area contributed by atoms with Crippen LogP contribution in [0.4, 0.5) is 0 Å². The minimum Gasteiger partial charge on any atom is -0.496 e. The largest absolute Gasteiger partial charge is 0.496 e. The number of hydrogen-bond donors (Lipinski definition) is 2. The third-order valence-electron chi connectivity index (χ3n) is 3.72. The van der Waals surface area contributed by atoms with Crippen LogP contribution in [0.3, 0.4) is 0 Å². The molecule has 0 aliphatic heterocycles. The Morgan fingerprint density at radius 1 is 1.33 bits per heavy atom. The lowest BCUT2D eigenvalue weighted by Gasteiger charge is -2.14. The number of nitrogens with zero attached hydrogens (tertiary/aromatic N) is 1. The maximum Gasteiger partial charge on any atom is 0.191 e. The van der Waals surface area contributed by atoms with Crippen molar-refractivity contribution in [1.29, 1.82) is 0 Å². The van der Waals surface area contributed by atoms with Gasteiger partial charge in [-0.15, -0.1) is 24.0 Å². The van der Waals surface area contributed by atoms with E-state index >= 15 is 0 Å². The second-order valence-electron chi connectivity index (χ2n) is 5.68. The SMILES string of the molecule is CN=C(NCCCOCC1CC1)NCc1cc(Br)ccc1OC.I. The van der Waals surface area contributed by atoms with E-state index in [0.29, 0.717) is 6.54 Å². The Balaban J connectivity index is 0.00000288. The van der Waals surface area contributed by atoms with Crippen molar-refractivity contribution in [3.63, 3.8) is 0 Å². The summed E-state index contributed by atoms with van der Waals surface area (Å²) in [5, 5.41) is 6.61. The van der Waals surface area contributed by atoms with Gasteiger partial charge in [0, 0.05) is 43.4 Å². The Labute approximate surface area is 170 Å². The highest BCUT2D eigenvalue weighted by Crippen LogP contribution is 2.28. The summed E-state index contributed by atoms with van der Waals surface area (Å²) in [4.78, 5) is 4.24. The highest BCUT2D eigenvalue weighted by Gasteiger charge is 2.20. The number of guanidine groups is 1. The van der Waals surface area contributed by atoms with Crippen LogP contribution in [0.1, 0.15) is 24.8 Å². The minimum atomic E-state index is 0. The van der Waals surface area contributed by atoms with E-state index in [1.807, 2.05) is 18.2 Å². The summed E-state index contributed by atoms with van der Waals surface area (Å²) in [6.45, 7) is 3.23. The van der Waals surface area contributed by atoms with Gasteiger partial charge in [-0.2, -0.15) is 0 Å². The van der Waals surface area contributed by atoms with Gasteiger partial charge in [0.2, 0.25) is 0 Å². The quantitative estimate of drug-likeness (QED) is 0.230. The van der Waals surface area contributed by atoms with E-state index in [0.717, 1.165) is 53.8 Å². The van der Waals surface area contributed by atoms with Crippen LogP contribution in [0.25, 0.3) is 0 Å². The van der Waals surface area contributed by atoms with E-state index in [2.05, 4.69) is 31.6 Å². The molecule has 0 amide bonds. The molecule has 1 aliphatic rings. The van der Waals surface area contributed by atoms with Gasteiger partial charge < -0.3 is 20.1 Å². The Hall–Kier alpha value is -0.540. The van der Waals surface area contributed by atoms with Gasteiger partial charge in [0.25, 0.3) is 0 Å². The predicted octanol–water partition coefficient (Wildman–Crippen LogP) is 3.56. The first kappa shape index (κ1) is 21.5. The van der Waals surface area contributed by atoms with E-state index in [9.17, 15) is 0 Å². The number of ether oxygens (including phenoxy) is 2. The lowest BCUT2D eigenvalue weighted by Crippen LogP contribution is -2.37. The number of hydrogen-bond acceptors (Lipinski definition) is 3. The van der Waals surface area contributed by atoms with Crippen LogP contribution in [0.15, 0.2) is 27.7 Å². The molecule has 0 aromatic heterocycles. The Morgan fingerprint density at radius 3 is 2.79 bits per heavy atom. The standard InChI is InChI=1S/C17H26BrN3O2.HI/c1-19-17(20-8-3-9-23-12-13-4-5-13)21-11-14-10-15(18)6-7-16(14)22-2;/h6-7,10,13H,3-5,8-9,11-12H2,1-2H3,(H2,19,20,21);1H. The molecule has 7 heteroatoms. The molecule has 2 rings (SSSR count). The molecule has 0 bridgehead atoms. The predicted molar refractivity (Wildman–Crippen MR) is 112 cm³/mol. The van der Waals surface area contributed by atoms with Crippen molar-refractivity contribution < 1.29 is 9.47 Å². The molecule has 0 heterocycles. The molecule has 0 unspecified atom stereocenters. The molecule has 24 heavy (non-hydrogen) atoms. The van der Waals surface area contributed by atoms with Crippen LogP contribution in [-0.2, 0) is 11.3 Å². The Kier molecular flexibility index (Phi) is 10.7. The highest BCUT2D eigenvalue weighted by molar-refractivity contribution is 14.0. The zero-order chi connectivity index (χ0) is 16.5. The van der Waals surface area contributed by atoms with E-state index in [4.69, 9.17) is 9.47 Å². The number of aliphatic imine (C=N–C) groups is 1. The molecular weight excluding hydrogens is 485 g/mol. The molecule has 0 atom stereocenters. The van der Waals surface area contributed by atoms with Gasteiger partial charge in [-0.3, -0.25) is 4.99 Å². The van der Waals surface area contributed by atoms with Gasteiger partial charge in [0.15, 0.2) is 5.96 Å². The number of halogens is 2. The Bertz CT molecular complexity index is 525. The average molecular weight is 512 g/mol. The number of benzene rings is 1. The van der Waals surface area contributed by atoms with Gasteiger partial charge >= 0.3 is 0 Å². The fourth-order valence-corrected chi connectivity index (χ4v) is 2.61. The zero-order valence-corrected chi connectivity index (χ0v) is 18.2. The number of nitrogens with one attached hydrogen (secondary N) is 2. The summed E-state index contributed by atoms with van der Waals surface area (Å²) in [7, 11) is 3.46. The molecule has 1 saturated carbocycles. The summed E-state index contributed by atoms with van der Waals surface area (Å²) in [6.07, 6.45) is 3.66. The van der Waals surface area contributed by atoms with Crippen molar-refractivity contribution in [3.8, 4) is 5.75 Å². The van der Waals surface area contributed by atoms with Gasteiger partial charge in [-0.05, 0) is 43.4 Å². The maximum absolute atomic E-state index is 5.62. The van der Waals surface area contributed by atoms with Crippen molar-refractivity contribution in [1.82, 2.24) is 10.6 Å². The summed E-state index contributed by atoms with van der Waals surface area (Å²) in [5.74, 6) is 2.48. The molecular formula is C17H27BrIN3O2. The molecule has 0 spiro atoms. The average Bonchev–Trinajstić information content (AvgIpc) is 3.38. The molecule has 136 valence electrons. The van der Waals surface area contributed by atoms with Crippen molar-refractivity contribution in [3.05, 3.63) is 28.2 Å². The number of methoxy groups -OCH3 is 1. The first-order valence-electron chi connectivity index (χ1n) is 8.07. The third-order valence-corrected chi connectivity index (χ3v) is 4.21. The van der Waals surface area contributed by atoms with Crippen LogP contribution < -0.4 is 15.4 Å². The third kappa shape index (κ3) is 8.02. The van der Waals surface area contributed by atoms with Crippen LogP contribution in [0.5, 0.6) is 5.75 Å². The molecule has 1 aliphatic carbocycles. The minimum absolute atomic E-state index is 0. The smallest absolute Gasteiger partial charge is 0.191 e. The molecule has 2 N–H and O–H groups in total. The molecule has 0 saturated heterocycles. The molecule has 1 aromatic carbocycles. The van der Waals surface area contributed by atoms with E-state index in [-0.39, 0.29) is 24.0 Å². The van der Waals surface area contributed by atoms with E-state index < -0.39 is 0 Å². The van der Waals surface area contributed by atoms with Gasteiger partial charge in [-0.1, -0.05) is 15.9 Å². The van der Waals surface area contributed by atoms with Crippen LogP contribution in [-0.4, -0.2) is 39.9 Å². The normalized spacial score (nSPS) is 14.0. The first-order valence-corrected chi connectivity index (χ1v) is 8.87. The second-order valence-corrected chi connectivity index (χ2v) is 6.60. The Morgan fingerprint density at radius 2 is 2.12 bits per heavy atom. The van der Waals surface area contributed by atoms with Gasteiger partial charge in [-0.25, -0.2) is 0 Å². The second kappa shape index (κ2) is 11.9. The molecule has 1 fully saturated rings. The lowest BCUT2D eigenvalue weighted by atomic mass is 10.2. The van der Waals surface area contributed by atoms with Crippen molar-refractivity contribution in [2.24, 2.45) is 10.9 Å². The van der Waals surface area contributed by atoms with E-state index in [1.165, 1.54) is 12.8 Å². The summed E-state index contributed by atoms with van der Waals surface area (Å²) in [6, 6.07) is 5.97. The fraction of sp³-hybridized carbons (Fsp3) is 0.588. The lowest BCUT2D eigenvalue weighted by molar-refractivity contribution is 0.123. The molecule has 5 nitrogen and oxygen atoms in total. The molecule has 1 aromatic rings. The van der Waals surface area contributed by atoms with Crippen molar-refractivity contribution >= 4 is 45.9 Å².